The molecule has 110 valence electrons. The molecular formula is C14H18O6. The summed E-state index contributed by atoms with van der Waals surface area (Å²) in [5.41, 5.74) is -1.25. The Morgan fingerprint density at radius 2 is 2.00 bits per heavy atom. The van der Waals surface area contributed by atoms with Crippen LogP contribution in [0.3, 0.4) is 0 Å². The minimum absolute atomic E-state index is 0.165. The maximum absolute atomic E-state index is 11.8. The summed E-state index contributed by atoms with van der Waals surface area (Å²) in [6.45, 7) is 1.41. The minimum atomic E-state index is -1.63. The number of hydrogen-bond donors (Lipinski definition) is 3. The van der Waals surface area contributed by atoms with E-state index in [4.69, 9.17) is 9.47 Å². The summed E-state index contributed by atoms with van der Waals surface area (Å²) in [6, 6.07) is 8.40. The van der Waals surface area contributed by atoms with Crippen LogP contribution < -0.4 is 0 Å². The van der Waals surface area contributed by atoms with Gasteiger partial charge in [0.05, 0.1) is 5.56 Å². The fourth-order valence-electron chi connectivity index (χ4n) is 2.23. The predicted molar refractivity (Wildman–Crippen MR) is 68.9 cm³/mol. The zero-order valence-electron chi connectivity index (χ0n) is 11.1. The molecule has 0 radical (unpaired) electrons. The van der Waals surface area contributed by atoms with Crippen LogP contribution in [0, 0.1) is 0 Å². The van der Waals surface area contributed by atoms with Crippen LogP contribution in [-0.4, -0.2) is 52.0 Å². The molecule has 6 nitrogen and oxygen atoms in total. The highest BCUT2D eigenvalue weighted by Crippen LogP contribution is 2.33. The molecule has 6 heteroatoms. The molecule has 0 aromatic heterocycles. The van der Waals surface area contributed by atoms with Gasteiger partial charge in [0.1, 0.15) is 24.4 Å². The lowest BCUT2D eigenvalue weighted by Crippen LogP contribution is -2.49. The number of carbonyl (C=O) groups is 1. The Bertz CT molecular complexity index is 462. The highest BCUT2D eigenvalue weighted by molar-refractivity contribution is 5.89. The largest absolute Gasteiger partial charge is 0.459 e. The van der Waals surface area contributed by atoms with Crippen molar-refractivity contribution in [3.05, 3.63) is 35.9 Å². The molecule has 1 aliphatic heterocycles. The number of benzene rings is 1. The fraction of sp³-hybridized carbons (Fsp3) is 0.500. The zero-order chi connectivity index (χ0) is 14.8. The lowest BCUT2D eigenvalue weighted by atomic mass is 9.90. The second kappa shape index (κ2) is 5.88. The maximum Gasteiger partial charge on any atom is 0.338 e. The van der Waals surface area contributed by atoms with Crippen molar-refractivity contribution in [2.75, 3.05) is 6.61 Å². The van der Waals surface area contributed by atoms with Crippen LogP contribution in [0.5, 0.6) is 0 Å². The predicted octanol–water partition coefficient (Wildman–Crippen LogP) is 0.0626. The average molecular weight is 282 g/mol. The normalized spacial score (nSPS) is 33.1. The molecule has 1 saturated heterocycles. The third kappa shape index (κ3) is 2.69. The molecule has 2 rings (SSSR count). The molecule has 20 heavy (non-hydrogen) atoms. The number of aliphatic hydroxyl groups is 3. The van der Waals surface area contributed by atoms with E-state index < -0.39 is 30.1 Å². The van der Waals surface area contributed by atoms with Crippen LogP contribution in [0.2, 0.25) is 0 Å². The van der Waals surface area contributed by atoms with Gasteiger partial charge in [0, 0.05) is 0 Å². The van der Waals surface area contributed by atoms with Gasteiger partial charge >= 0.3 is 5.97 Å². The molecule has 0 spiro atoms. The summed E-state index contributed by atoms with van der Waals surface area (Å²) >= 11 is 0. The van der Waals surface area contributed by atoms with Gasteiger partial charge < -0.3 is 24.8 Å². The second-order valence-corrected chi connectivity index (χ2v) is 4.77. The first kappa shape index (κ1) is 14.9. The Balaban J connectivity index is 1.99. The van der Waals surface area contributed by atoms with E-state index >= 15 is 0 Å². The molecule has 0 saturated carbocycles. The van der Waals surface area contributed by atoms with Gasteiger partial charge in [-0.25, -0.2) is 4.79 Å². The van der Waals surface area contributed by atoms with Gasteiger partial charge in [-0.1, -0.05) is 25.1 Å². The summed E-state index contributed by atoms with van der Waals surface area (Å²) in [7, 11) is 0. The Morgan fingerprint density at radius 1 is 1.35 bits per heavy atom. The van der Waals surface area contributed by atoms with Crippen molar-refractivity contribution in [3.8, 4) is 0 Å². The van der Waals surface area contributed by atoms with Crippen LogP contribution in [0.25, 0.3) is 0 Å². The molecule has 1 aromatic carbocycles. The molecule has 3 N–H and O–H groups in total. The van der Waals surface area contributed by atoms with Crippen molar-refractivity contribution < 1.29 is 29.6 Å². The van der Waals surface area contributed by atoms with Gasteiger partial charge in [-0.2, -0.15) is 0 Å². The van der Waals surface area contributed by atoms with Crippen molar-refractivity contribution in [1.82, 2.24) is 0 Å². The molecule has 0 amide bonds. The van der Waals surface area contributed by atoms with Crippen LogP contribution in [0.1, 0.15) is 23.7 Å². The fourth-order valence-corrected chi connectivity index (χ4v) is 2.23. The Labute approximate surface area is 116 Å². The third-order valence-electron chi connectivity index (χ3n) is 3.59. The first-order valence-corrected chi connectivity index (χ1v) is 6.45. The first-order valence-electron chi connectivity index (χ1n) is 6.45. The molecule has 1 aromatic rings. The van der Waals surface area contributed by atoms with E-state index in [0.29, 0.717) is 5.56 Å². The minimum Gasteiger partial charge on any atom is -0.459 e. The van der Waals surface area contributed by atoms with Crippen LogP contribution in [0.4, 0.5) is 0 Å². The summed E-state index contributed by atoms with van der Waals surface area (Å²) < 4.78 is 10.1. The maximum atomic E-state index is 11.8. The number of ether oxygens (including phenoxy) is 2. The Kier molecular flexibility index (Phi) is 4.39. The van der Waals surface area contributed by atoms with Gasteiger partial charge in [0.15, 0.2) is 6.29 Å². The first-order chi connectivity index (χ1) is 9.49. The summed E-state index contributed by atoms with van der Waals surface area (Å²) in [5.74, 6) is -0.552. The quantitative estimate of drug-likeness (QED) is 0.676. The lowest BCUT2D eigenvalue weighted by Gasteiger charge is -2.28. The van der Waals surface area contributed by atoms with Crippen LogP contribution in [0.15, 0.2) is 30.3 Å². The molecular weight excluding hydrogens is 264 g/mol. The number of aliphatic hydroxyl groups excluding tert-OH is 2. The molecule has 1 fully saturated rings. The average Bonchev–Trinajstić information content (AvgIpc) is 2.70. The standard InChI is InChI=1S/C14H18O6/c1-2-14(18)10(20-13(17)11(14)15)8-19-12(16)9-6-4-3-5-7-9/h3-7,10-11,13,15,17-18H,2,8H2,1H3/t10-,11+,13?,14-/m1/s1. The smallest absolute Gasteiger partial charge is 0.338 e. The van der Waals surface area contributed by atoms with E-state index in [-0.39, 0.29) is 13.0 Å². The topological polar surface area (TPSA) is 96.2 Å². The van der Waals surface area contributed by atoms with Gasteiger partial charge in [-0.15, -0.1) is 0 Å². The zero-order valence-corrected chi connectivity index (χ0v) is 11.1. The van der Waals surface area contributed by atoms with E-state index in [0.717, 1.165) is 0 Å². The Hall–Kier alpha value is -1.47. The molecule has 1 unspecified atom stereocenters. The summed E-state index contributed by atoms with van der Waals surface area (Å²) in [4.78, 5) is 11.8. The summed E-state index contributed by atoms with van der Waals surface area (Å²) in [6.07, 6.45) is -3.71. The molecule has 0 aliphatic carbocycles. The highest BCUT2D eigenvalue weighted by Gasteiger charge is 2.54. The van der Waals surface area contributed by atoms with E-state index in [2.05, 4.69) is 0 Å². The van der Waals surface area contributed by atoms with Gasteiger partial charge in [-0.05, 0) is 18.6 Å². The van der Waals surface area contributed by atoms with Crippen molar-refractivity contribution >= 4 is 5.97 Å². The van der Waals surface area contributed by atoms with E-state index in [1.165, 1.54) is 0 Å². The number of hydrogen-bond acceptors (Lipinski definition) is 6. The van der Waals surface area contributed by atoms with Gasteiger partial charge in [-0.3, -0.25) is 0 Å². The van der Waals surface area contributed by atoms with E-state index in [9.17, 15) is 20.1 Å². The lowest BCUT2D eigenvalue weighted by molar-refractivity contribution is -0.133. The number of esters is 1. The second-order valence-electron chi connectivity index (χ2n) is 4.77. The SMILES string of the molecule is CC[C@@]1(O)[C@@H](COC(=O)c2ccccc2)OC(O)[C@@H]1O. The van der Waals surface area contributed by atoms with Gasteiger partial charge in [0.2, 0.25) is 0 Å². The molecule has 1 aliphatic rings. The molecule has 1 heterocycles. The van der Waals surface area contributed by atoms with Crippen molar-refractivity contribution in [3.63, 3.8) is 0 Å². The number of rotatable bonds is 4. The Morgan fingerprint density at radius 3 is 2.60 bits per heavy atom. The molecule has 0 bridgehead atoms. The highest BCUT2D eigenvalue weighted by atomic mass is 16.7. The molecule has 4 atom stereocenters. The van der Waals surface area contributed by atoms with Crippen molar-refractivity contribution in [1.29, 1.82) is 0 Å². The number of carbonyl (C=O) groups excluding carboxylic acids is 1. The van der Waals surface area contributed by atoms with Crippen LogP contribution >= 0.6 is 0 Å². The van der Waals surface area contributed by atoms with E-state index in [1.54, 1.807) is 37.3 Å². The third-order valence-corrected chi connectivity index (χ3v) is 3.59. The summed E-state index contributed by atoms with van der Waals surface area (Å²) in [5, 5.41) is 29.4. The van der Waals surface area contributed by atoms with Crippen LogP contribution in [-0.2, 0) is 9.47 Å². The van der Waals surface area contributed by atoms with Gasteiger partial charge in [0.25, 0.3) is 0 Å². The van der Waals surface area contributed by atoms with Crippen molar-refractivity contribution in [2.24, 2.45) is 0 Å². The monoisotopic (exact) mass is 282 g/mol. The van der Waals surface area contributed by atoms with Crippen molar-refractivity contribution in [2.45, 2.75) is 37.4 Å². The van der Waals surface area contributed by atoms with E-state index in [1.807, 2.05) is 0 Å².